The zero-order valence-corrected chi connectivity index (χ0v) is 10.4. The van der Waals surface area contributed by atoms with Crippen LogP contribution in [0.25, 0.3) is 0 Å². The molecule has 0 aromatic carbocycles. The maximum Gasteiger partial charge on any atom is 0.253 e. The Kier molecular flexibility index (Phi) is 6.21. The molecule has 96 valence electrons. The van der Waals surface area contributed by atoms with Crippen molar-refractivity contribution in [2.75, 3.05) is 26.2 Å². The molecule has 0 saturated carbocycles. The molecular formula is C12H24F2N2. The van der Waals surface area contributed by atoms with E-state index >= 15 is 0 Å². The average Bonchev–Trinajstić information content (AvgIpc) is 2.27. The molecule has 0 aliphatic carbocycles. The molecule has 1 N–H and O–H groups in total. The van der Waals surface area contributed by atoms with Gasteiger partial charge >= 0.3 is 0 Å². The zero-order chi connectivity index (χ0) is 12.0. The van der Waals surface area contributed by atoms with Gasteiger partial charge in [-0.3, -0.25) is 0 Å². The number of nitrogens with one attached hydrogen (secondary N) is 1. The Labute approximate surface area is 97.4 Å². The van der Waals surface area contributed by atoms with Gasteiger partial charge in [0, 0.05) is 6.54 Å². The minimum absolute atomic E-state index is 0.444. The Hall–Kier alpha value is -0.220. The second kappa shape index (κ2) is 7.17. The Morgan fingerprint density at radius 1 is 1.12 bits per heavy atom. The summed E-state index contributed by atoms with van der Waals surface area (Å²) in [5, 5.41) is 2.89. The lowest BCUT2D eigenvalue weighted by molar-refractivity contribution is 0.102. The predicted octanol–water partition coefficient (Wildman–Crippen LogP) is 2.35. The largest absolute Gasteiger partial charge is 0.309 e. The first kappa shape index (κ1) is 13.8. The van der Waals surface area contributed by atoms with Crippen LogP contribution in [-0.2, 0) is 0 Å². The molecule has 0 aromatic heterocycles. The van der Waals surface area contributed by atoms with Crippen molar-refractivity contribution in [3.8, 4) is 0 Å². The molecule has 0 aromatic rings. The van der Waals surface area contributed by atoms with E-state index in [1.165, 1.54) is 39.3 Å². The van der Waals surface area contributed by atoms with Crippen LogP contribution in [0.2, 0.25) is 0 Å². The highest BCUT2D eigenvalue weighted by atomic mass is 19.3. The van der Waals surface area contributed by atoms with Gasteiger partial charge in [-0.1, -0.05) is 13.3 Å². The number of alkyl halides is 2. The Morgan fingerprint density at radius 2 is 1.75 bits per heavy atom. The summed E-state index contributed by atoms with van der Waals surface area (Å²) in [5.41, 5.74) is 0. The Balaban J connectivity index is 2.12. The van der Waals surface area contributed by atoms with E-state index in [9.17, 15) is 8.78 Å². The molecule has 0 spiro atoms. The van der Waals surface area contributed by atoms with Crippen LogP contribution in [0, 0.1) is 5.92 Å². The maximum absolute atomic E-state index is 12.3. The molecule has 0 amide bonds. The second-order valence-corrected chi connectivity index (χ2v) is 5.00. The van der Waals surface area contributed by atoms with Gasteiger partial charge in [-0.15, -0.1) is 0 Å². The average molecular weight is 234 g/mol. The summed E-state index contributed by atoms with van der Waals surface area (Å²) in [6.45, 7) is 7.73. The normalized spacial score (nSPS) is 22.3. The predicted molar refractivity (Wildman–Crippen MR) is 62.9 cm³/mol. The smallest absolute Gasteiger partial charge is 0.253 e. The van der Waals surface area contributed by atoms with Gasteiger partial charge in [0.2, 0.25) is 0 Å². The number of nitrogens with zero attached hydrogens (tertiary/aromatic N) is 1. The fraction of sp³-hybridized carbons (Fsp3) is 1.00. The van der Waals surface area contributed by atoms with E-state index < -0.39 is 12.5 Å². The topological polar surface area (TPSA) is 15.3 Å². The van der Waals surface area contributed by atoms with Crippen LogP contribution in [0.1, 0.15) is 33.1 Å². The third kappa shape index (κ3) is 5.21. The molecule has 1 saturated heterocycles. The lowest BCUT2D eigenvalue weighted by atomic mass is 10.1. The van der Waals surface area contributed by atoms with Crippen molar-refractivity contribution in [2.24, 2.45) is 5.92 Å². The van der Waals surface area contributed by atoms with Gasteiger partial charge in [-0.25, -0.2) is 8.78 Å². The number of piperidine rings is 1. The van der Waals surface area contributed by atoms with E-state index in [1.54, 1.807) is 0 Å². The van der Waals surface area contributed by atoms with Gasteiger partial charge < -0.3 is 10.2 Å². The van der Waals surface area contributed by atoms with E-state index in [0.717, 1.165) is 6.54 Å². The van der Waals surface area contributed by atoms with Gasteiger partial charge in [-0.05, 0) is 45.3 Å². The van der Waals surface area contributed by atoms with Crippen molar-refractivity contribution >= 4 is 0 Å². The van der Waals surface area contributed by atoms with Crippen molar-refractivity contribution in [1.29, 1.82) is 0 Å². The molecule has 2 unspecified atom stereocenters. The minimum Gasteiger partial charge on any atom is -0.309 e. The summed E-state index contributed by atoms with van der Waals surface area (Å²) < 4.78 is 24.5. The number of rotatable bonds is 6. The van der Waals surface area contributed by atoms with Crippen molar-refractivity contribution in [3.63, 3.8) is 0 Å². The number of halogens is 2. The lowest BCUT2D eigenvalue weighted by Gasteiger charge is -2.29. The summed E-state index contributed by atoms with van der Waals surface area (Å²) in [6.07, 6.45) is 1.65. The Bertz CT molecular complexity index is 182. The summed E-state index contributed by atoms with van der Waals surface area (Å²) in [5.74, 6) is 0.444. The standard InChI is InChI=1S/C12H24F2N2/c1-10(8-15-11(2)12(13)14)9-16-6-4-3-5-7-16/h10-12,15H,3-9H2,1-2H3. The highest BCUT2D eigenvalue weighted by molar-refractivity contribution is 4.71. The first-order chi connectivity index (χ1) is 7.59. The van der Waals surface area contributed by atoms with Gasteiger partial charge in [0.15, 0.2) is 0 Å². The fourth-order valence-corrected chi connectivity index (χ4v) is 2.12. The van der Waals surface area contributed by atoms with Crippen LogP contribution < -0.4 is 5.32 Å². The number of likely N-dealkylation sites (tertiary alicyclic amines) is 1. The van der Waals surface area contributed by atoms with Crippen LogP contribution in [0.4, 0.5) is 8.78 Å². The van der Waals surface area contributed by atoms with Crippen LogP contribution >= 0.6 is 0 Å². The van der Waals surface area contributed by atoms with Gasteiger partial charge in [0.25, 0.3) is 6.43 Å². The molecule has 1 aliphatic heterocycles. The first-order valence-corrected chi connectivity index (χ1v) is 6.33. The first-order valence-electron chi connectivity index (χ1n) is 6.33. The molecule has 4 heteroatoms. The van der Waals surface area contributed by atoms with E-state index in [0.29, 0.717) is 12.5 Å². The lowest BCUT2D eigenvalue weighted by Crippen LogP contribution is -2.40. The summed E-state index contributed by atoms with van der Waals surface area (Å²) in [4.78, 5) is 2.45. The van der Waals surface area contributed by atoms with E-state index in [2.05, 4.69) is 17.1 Å². The SMILES string of the molecule is CC(CNC(C)C(F)F)CN1CCCCC1. The molecule has 1 fully saturated rings. The minimum atomic E-state index is -2.26. The Morgan fingerprint density at radius 3 is 2.31 bits per heavy atom. The molecule has 0 bridgehead atoms. The van der Waals surface area contributed by atoms with Gasteiger partial charge in [-0.2, -0.15) is 0 Å². The van der Waals surface area contributed by atoms with Crippen molar-refractivity contribution < 1.29 is 8.78 Å². The van der Waals surface area contributed by atoms with E-state index in [1.807, 2.05) is 0 Å². The van der Waals surface area contributed by atoms with Crippen LogP contribution in [0.3, 0.4) is 0 Å². The molecule has 1 heterocycles. The van der Waals surface area contributed by atoms with Crippen molar-refractivity contribution in [1.82, 2.24) is 10.2 Å². The van der Waals surface area contributed by atoms with Crippen molar-refractivity contribution in [2.45, 2.75) is 45.6 Å². The molecule has 2 nitrogen and oxygen atoms in total. The van der Waals surface area contributed by atoms with E-state index in [-0.39, 0.29) is 0 Å². The molecule has 2 atom stereocenters. The van der Waals surface area contributed by atoms with Crippen LogP contribution in [0.15, 0.2) is 0 Å². The maximum atomic E-state index is 12.3. The van der Waals surface area contributed by atoms with Gasteiger partial charge in [0.1, 0.15) is 0 Å². The molecular weight excluding hydrogens is 210 g/mol. The quantitative estimate of drug-likeness (QED) is 0.759. The fourth-order valence-electron chi connectivity index (χ4n) is 2.12. The number of hydrogen-bond acceptors (Lipinski definition) is 2. The second-order valence-electron chi connectivity index (χ2n) is 5.00. The zero-order valence-electron chi connectivity index (χ0n) is 10.4. The third-order valence-corrected chi connectivity index (χ3v) is 3.18. The molecule has 1 aliphatic rings. The number of hydrogen-bond donors (Lipinski definition) is 1. The molecule has 1 rings (SSSR count). The molecule has 16 heavy (non-hydrogen) atoms. The van der Waals surface area contributed by atoms with Crippen molar-refractivity contribution in [3.05, 3.63) is 0 Å². The molecule has 0 radical (unpaired) electrons. The summed E-state index contributed by atoms with van der Waals surface area (Å²) >= 11 is 0. The van der Waals surface area contributed by atoms with Crippen LogP contribution in [0.5, 0.6) is 0 Å². The monoisotopic (exact) mass is 234 g/mol. The van der Waals surface area contributed by atoms with Crippen LogP contribution in [-0.4, -0.2) is 43.5 Å². The highest BCUT2D eigenvalue weighted by Crippen LogP contribution is 2.10. The van der Waals surface area contributed by atoms with Gasteiger partial charge in [0.05, 0.1) is 6.04 Å². The highest BCUT2D eigenvalue weighted by Gasteiger charge is 2.17. The van der Waals surface area contributed by atoms with E-state index in [4.69, 9.17) is 0 Å². The summed E-state index contributed by atoms with van der Waals surface area (Å²) in [6, 6.07) is -0.691. The third-order valence-electron chi connectivity index (χ3n) is 3.18. The summed E-state index contributed by atoms with van der Waals surface area (Å²) in [7, 11) is 0.